The van der Waals surface area contributed by atoms with E-state index in [4.69, 9.17) is 4.98 Å². The molecule has 1 aliphatic rings. The third-order valence-corrected chi connectivity index (χ3v) is 4.67. The zero-order chi connectivity index (χ0) is 17.8. The van der Waals surface area contributed by atoms with Gasteiger partial charge in [-0.25, -0.2) is 4.98 Å². The Bertz CT molecular complexity index is 924. The molecule has 0 radical (unpaired) electrons. The molecule has 0 saturated carbocycles. The van der Waals surface area contributed by atoms with E-state index < -0.39 is 0 Å². The number of hydrogen-bond donors (Lipinski definition) is 0. The Labute approximate surface area is 152 Å². The fourth-order valence-electron chi connectivity index (χ4n) is 3.37. The highest BCUT2D eigenvalue weighted by Gasteiger charge is 2.20. The average molecular weight is 347 g/mol. The summed E-state index contributed by atoms with van der Waals surface area (Å²) in [5, 5.41) is 0. The highest BCUT2D eigenvalue weighted by atomic mass is 16.1. The van der Waals surface area contributed by atoms with Crippen molar-refractivity contribution in [3.63, 3.8) is 0 Å². The summed E-state index contributed by atoms with van der Waals surface area (Å²) in [6, 6.07) is 9.45. The van der Waals surface area contributed by atoms with Crippen LogP contribution in [-0.2, 0) is 13.0 Å². The van der Waals surface area contributed by atoms with Gasteiger partial charge in [-0.15, -0.1) is 0 Å². The molecule has 1 aliphatic heterocycles. The van der Waals surface area contributed by atoms with Gasteiger partial charge >= 0.3 is 0 Å². The summed E-state index contributed by atoms with van der Waals surface area (Å²) in [5.74, 6) is 0.779. The smallest absolute Gasteiger partial charge is 0.255 e. The van der Waals surface area contributed by atoms with E-state index in [9.17, 15) is 4.79 Å². The molecule has 3 aromatic rings. The predicted molar refractivity (Wildman–Crippen MR) is 101 cm³/mol. The van der Waals surface area contributed by atoms with Crippen LogP contribution in [0.15, 0.2) is 59.9 Å². The number of fused-ring (bicyclic) bond motifs is 1. The number of hydrogen-bond acceptors (Lipinski definition) is 5. The lowest BCUT2D eigenvalue weighted by atomic mass is 10.1. The standard InChI is InChI=1S/C20H21N5O/c26-19-14-18(17-6-9-21-10-7-17)23-20-24(12-3-13-25(19)20)11-2-5-16-4-1-8-22-15-16/h1,4,6-10,14-15H,2-3,5,11-13H2. The number of nitrogens with zero attached hydrogens (tertiary/aromatic N) is 5. The fourth-order valence-corrected chi connectivity index (χ4v) is 3.37. The summed E-state index contributed by atoms with van der Waals surface area (Å²) in [6.45, 7) is 2.54. The molecule has 0 aromatic carbocycles. The molecular weight excluding hydrogens is 326 g/mol. The van der Waals surface area contributed by atoms with Crippen LogP contribution in [0.2, 0.25) is 0 Å². The summed E-state index contributed by atoms with van der Waals surface area (Å²) < 4.78 is 1.79. The largest absolute Gasteiger partial charge is 0.342 e. The molecule has 0 saturated heterocycles. The van der Waals surface area contributed by atoms with E-state index in [1.54, 1.807) is 29.2 Å². The van der Waals surface area contributed by atoms with Crippen molar-refractivity contribution in [2.75, 3.05) is 18.0 Å². The van der Waals surface area contributed by atoms with Crippen LogP contribution in [0.5, 0.6) is 0 Å². The van der Waals surface area contributed by atoms with Gasteiger partial charge in [-0.3, -0.25) is 19.3 Å². The van der Waals surface area contributed by atoms with Crippen molar-refractivity contribution in [1.29, 1.82) is 0 Å². The van der Waals surface area contributed by atoms with Crippen LogP contribution in [0.4, 0.5) is 5.95 Å². The molecule has 6 nitrogen and oxygen atoms in total. The molecule has 26 heavy (non-hydrogen) atoms. The maximum Gasteiger partial charge on any atom is 0.255 e. The molecule has 4 heterocycles. The Balaban J connectivity index is 1.56. The normalized spacial score (nSPS) is 13.5. The van der Waals surface area contributed by atoms with Crippen LogP contribution in [0.1, 0.15) is 18.4 Å². The first-order valence-corrected chi connectivity index (χ1v) is 8.97. The molecule has 4 rings (SSSR count). The molecule has 3 aromatic heterocycles. The molecule has 0 unspecified atom stereocenters. The number of aromatic nitrogens is 4. The second-order valence-corrected chi connectivity index (χ2v) is 6.47. The van der Waals surface area contributed by atoms with E-state index in [-0.39, 0.29) is 5.56 Å². The van der Waals surface area contributed by atoms with E-state index in [0.29, 0.717) is 5.69 Å². The third kappa shape index (κ3) is 3.49. The van der Waals surface area contributed by atoms with Crippen LogP contribution in [0.25, 0.3) is 11.3 Å². The molecule has 0 N–H and O–H groups in total. The van der Waals surface area contributed by atoms with Crippen molar-refractivity contribution in [2.24, 2.45) is 0 Å². The zero-order valence-electron chi connectivity index (χ0n) is 14.6. The highest BCUT2D eigenvalue weighted by Crippen LogP contribution is 2.21. The lowest BCUT2D eigenvalue weighted by molar-refractivity contribution is 0.527. The lowest BCUT2D eigenvalue weighted by Gasteiger charge is -2.31. The van der Waals surface area contributed by atoms with Crippen LogP contribution >= 0.6 is 0 Å². The van der Waals surface area contributed by atoms with E-state index >= 15 is 0 Å². The first kappa shape index (κ1) is 16.4. The Hall–Kier alpha value is -3.02. The van der Waals surface area contributed by atoms with Crippen LogP contribution in [0, 0.1) is 0 Å². The number of pyridine rings is 2. The Morgan fingerprint density at radius 1 is 1.04 bits per heavy atom. The molecule has 132 valence electrons. The second-order valence-electron chi connectivity index (χ2n) is 6.47. The fraction of sp³-hybridized carbons (Fsp3) is 0.300. The second kappa shape index (κ2) is 7.47. The summed E-state index contributed by atoms with van der Waals surface area (Å²) in [5.41, 5.74) is 2.88. The van der Waals surface area contributed by atoms with E-state index in [2.05, 4.69) is 20.9 Å². The van der Waals surface area contributed by atoms with Crippen molar-refractivity contribution in [3.05, 3.63) is 71.0 Å². The molecule has 0 fully saturated rings. The van der Waals surface area contributed by atoms with Gasteiger partial charge in [0.15, 0.2) is 0 Å². The average Bonchev–Trinajstić information content (AvgIpc) is 2.70. The first-order valence-electron chi connectivity index (χ1n) is 8.97. The lowest BCUT2D eigenvalue weighted by Crippen LogP contribution is -2.39. The molecular formula is C20H21N5O. The summed E-state index contributed by atoms with van der Waals surface area (Å²) in [4.78, 5) is 27.8. The Morgan fingerprint density at radius 2 is 1.92 bits per heavy atom. The SMILES string of the molecule is O=c1cc(-c2ccncc2)nc2n1CCCN2CCCc1cccnc1. The van der Waals surface area contributed by atoms with Gasteiger partial charge in [0.1, 0.15) is 0 Å². The maximum atomic E-state index is 12.6. The quantitative estimate of drug-likeness (QED) is 0.710. The maximum absolute atomic E-state index is 12.6. The summed E-state index contributed by atoms with van der Waals surface area (Å²) in [6.07, 6.45) is 10.1. The van der Waals surface area contributed by atoms with Gasteiger partial charge < -0.3 is 4.90 Å². The van der Waals surface area contributed by atoms with Gasteiger partial charge in [0, 0.05) is 56.1 Å². The van der Waals surface area contributed by atoms with Gasteiger partial charge in [-0.2, -0.15) is 0 Å². The monoisotopic (exact) mass is 347 g/mol. The molecule has 0 atom stereocenters. The Morgan fingerprint density at radius 3 is 2.73 bits per heavy atom. The van der Waals surface area contributed by atoms with E-state index in [1.165, 1.54) is 5.56 Å². The molecule has 0 amide bonds. The third-order valence-electron chi connectivity index (χ3n) is 4.67. The topological polar surface area (TPSA) is 63.9 Å². The van der Waals surface area contributed by atoms with Gasteiger partial charge in [0.2, 0.25) is 5.95 Å². The van der Waals surface area contributed by atoms with Crippen molar-refractivity contribution < 1.29 is 0 Å². The molecule has 0 bridgehead atoms. The van der Waals surface area contributed by atoms with Crippen LogP contribution < -0.4 is 10.5 Å². The van der Waals surface area contributed by atoms with Crippen molar-refractivity contribution in [1.82, 2.24) is 19.5 Å². The number of aryl methyl sites for hydroxylation is 1. The van der Waals surface area contributed by atoms with E-state index in [0.717, 1.165) is 50.4 Å². The van der Waals surface area contributed by atoms with Gasteiger partial charge in [0.05, 0.1) is 5.69 Å². The Kier molecular flexibility index (Phi) is 4.73. The van der Waals surface area contributed by atoms with Crippen molar-refractivity contribution >= 4 is 5.95 Å². The first-order chi connectivity index (χ1) is 12.8. The molecule has 0 spiro atoms. The highest BCUT2D eigenvalue weighted by molar-refractivity contribution is 5.59. The number of rotatable bonds is 5. The van der Waals surface area contributed by atoms with Crippen molar-refractivity contribution in [2.45, 2.75) is 25.8 Å². The van der Waals surface area contributed by atoms with Crippen molar-refractivity contribution in [3.8, 4) is 11.3 Å². The summed E-state index contributed by atoms with van der Waals surface area (Å²) >= 11 is 0. The molecule has 6 heteroatoms. The number of anilines is 1. The predicted octanol–water partition coefficient (Wildman–Crippen LogP) is 2.54. The van der Waals surface area contributed by atoms with Crippen LogP contribution in [-0.4, -0.2) is 32.6 Å². The van der Waals surface area contributed by atoms with Gasteiger partial charge in [-0.05, 0) is 43.0 Å². The van der Waals surface area contributed by atoms with E-state index in [1.807, 2.05) is 24.4 Å². The zero-order valence-corrected chi connectivity index (χ0v) is 14.6. The minimum absolute atomic E-state index is 0.0128. The molecule has 0 aliphatic carbocycles. The van der Waals surface area contributed by atoms with Gasteiger partial charge in [-0.1, -0.05) is 6.07 Å². The minimum Gasteiger partial charge on any atom is -0.342 e. The van der Waals surface area contributed by atoms with Gasteiger partial charge in [0.25, 0.3) is 5.56 Å². The minimum atomic E-state index is 0.0128. The summed E-state index contributed by atoms with van der Waals surface area (Å²) in [7, 11) is 0. The van der Waals surface area contributed by atoms with Crippen LogP contribution in [0.3, 0.4) is 0 Å².